The van der Waals surface area contributed by atoms with Gasteiger partial charge in [0, 0.05) is 0 Å². The lowest BCUT2D eigenvalue weighted by molar-refractivity contribution is 0.214. The summed E-state index contributed by atoms with van der Waals surface area (Å²) in [5, 5.41) is 0.576. The van der Waals surface area contributed by atoms with Crippen LogP contribution in [0.4, 0.5) is 0 Å². The molecule has 19 heavy (non-hydrogen) atoms. The predicted octanol–water partition coefficient (Wildman–Crippen LogP) is 1.10. The van der Waals surface area contributed by atoms with E-state index in [2.05, 4.69) is 9.88 Å². The molecule has 0 radical (unpaired) electrons. The van der Waals surface area contributed by atoms with Gasteiger partial charge in [-0.2, -0.15) is 0 Å². The fourth-order valence-corrected chi connectivity index (χ4v) is 2.62. The maximum Gasteiger partial charge on any atom is 0.279 e. The monoisotopic (exact) mass is 258 g/mol. The SMILES string of the molecule is Nn1c(CN2CCCCC2)nc2ccccc2c1=O. The van der Waals surface area contributed by atoms with Crippen molar-refractivity contribution >= 4 is 10.9 Å². The summed E-state index contributed by atoms with van der Waals surface area (Å²) < 4.78 is 1.19. The molecule has 100 valence electrons. The van der Waals surface area contributed by atoms with E-state index in [0.717, 1.165) is 18.6 Å². The van der Waals surface area contributed by atoms with Crippen LogP contribution in [0.5, 0.6) is 0 Å². The average molecular weight is 258 g/mol. The van der Waals surface area contributed by atoms with Crippen molar-refractivity contribution in [2.75, 3.05) is 18.9 Å². The van der Waals surface area contributed by atoms with Crippen molar-refractivity contribution in [3.05, 3.63) is 40.4 Å². The van der Waals surface area contributed by atoms with Gasteiger partial charge in [-0.15, -0.1) is 0 Å². The molecule has 0 spiro atoms. The van der Waals surface area contributed by atoms with Crippen LogP contribution in [0, 0.1) is 0 Å². The molecule has 1 fully saturated rings. The smallest absolute Gasteiger partial charge is 0.279 e. The number of hydrogen-bond acceptors (Lipinski definition) is 4. The first kappa shape index (κ1) is 12.2. The van der Waals surface area contributed by atoms with Crippen molar-refractivity contribution in [2.45, 2.75) is 25.8 Å². The number of likely N-dealkylation sites (tertiary alicyclic amines) is 1. The van der Waals surface area contributed by atoms with E-state index in [4.69, 9.17) is 5.84 Å². The lowest BCUT2D eigenvalue weighted by Gasteiger charge is -2.26. The second kappa shape index (κ2) is 5.01. The minimum absolute atomic E-state index is 0.169. The van der Waals surface area contributed by atoms with Crippen LogP contribution >= 0.6 is 0 Å². The van der Waals surface area contributed by atoms with Crippen LogP contribution in [0.25, 0.3) is 10.9 Å². The molecule has 2 N–H and O–H groups in total. The largest absolute Gasteiger partial charge is 0.335 e. The van der Waals surface area contributed by atoms with Crippen molar-refractivity contribution in [1.82, 2.24) is 14.6 Å². The first-order chi connectivity index (χ1) is 9.25. The van der Waals surface area contributed by atoms with Gasteiger partial charge in [0.2, 0.25) is 0 Å². The zero-order valence-electron chi connectivity index (χ0n) is 10.9. The highest BCUT2D eigenvalue weighted by atomic mass is 16.1. The molecule has 5 heteroatoms. The van der Waals surface area contributed by atoms with E-state index in [9.17, 15) is 4.79 Å². The molecule has 0 unspecified atom stereocenters. The third-order valence-corrected chi connectivity index (χ3v) is 3.69. The fraction of sp³-hybridized carbons (Fsp3) is 0.429. The predicted molar refractivity (Wildman–Crippen MR) is 75.3 cm³/mol. The minimum atomic E-state index is -0.169. The molecular weight excluding hydrogens is 240 g/mol. The highest BCUT2D eigenvalue weighted by molar-refractivity contribution is 5.77. The second-order valence-electron chi connectivity index (χ2n) is 5.06. The van der Waals surface area contributed by atoms with Crippen LogP contribution in [0.1, 0.15) is 25.1 Å². The maximum absolute atomic E-state index is 12.2. The lowest BCUT2D eigenvalue weighted by atomic mass is 10.1. The molecule has 3 rings (SSSR count). The summed E-state index contributed by atoms with van der Waals surface area (Å²) in [6.07, 6.45) is 3.71. The van der Waals surface area contributed by atoms with Crippen molar-refractivity contribution in [1.29, 1.82) is 0 Å². The number of nitrogens with zero attached hydrogens (tertiary/aromatic N) is 3. The van der Waals surface area contributed by atoms with Gasteiger partial charge in [0.15, 0.2) is 0 Å². The van der Waals surface area contributed by atoms with E-state index in [1.165, 1.54) is 23.9 Å². The number of aromatic nitrogens is 2. The van der Waals surface area contributed by atoms with Crippen LogP contribution in [0.2, 0.25) is 0 Å². The molecule has 5 nitrogen and oxygen atoms in total. The number of nitrogens with two attached hydrogens (primary N) is 1. The van der Waals surface area contributed by atoms with Gasteiger partial charge in [-0.3, -0.25) is 9.69 Å². The Kier molecular flexibility index (Phi) is 3.21. The Balaban J connectivity index is 1.99. The standard InChI is InChI=1S/C14H18N4O/c15-18-13(10-17-8-4-1-5-9-17)16-12-7-3-2-6-11(12)14(18)19/h2-3,6-7H,1,4-5,8-10,15H2. The van der Waals surface area contributed by atoms with Crippen LogP contribution < -0.4 is 11.4 Å². The van der Waals surface area contributed by atoms with Gasteiger partial charge in [0.1, 0.15) is 5.82 Å². The van der Waals surface area contributed by atoms with E-state index < -0.39 is 0 Å². The highest BCUT2D eigenvalue weighted by Gasteiger charge is 2.14. The molecule has 0 atom stereocenters. The number of nitrogen functional groups attached to an aromatic ring is 1. The average Bonchev–Trinajstić information content (AvgIpc) is 2.46. The first-order valence-corrected chi connectivity index (χ1v) is 6.74. The Bertz CT molecular complexity index is 643. The molecule has 0 aliphatic carbocycles. The van der Waals surface area contributed by atoms with Crippen molar-refractivity contribution < 1.29 is 0 Å². The van der Waals surface area contributed by atoms with Gasteiger partial charge >= 0.3 is 0 Å². The molecule has 1 aromatic carbocycles. The van der Waals surface area contributed by atoms with Gasteiger partial charge in [0.05, 0.1) is 17.4 Å². The summed E-state index contributed by atoms with van der Waals surface area (Å²) in [6.45, 7) is 2.77. The third kappa shape index (κ3) is 2.33. The lowest BCUT2D eigenvalue weighted by Crippen LogP contribution is -2.37. The third-order valence-electron chi connectivity index (χ3n) is 3.69. The molecule has 1 aliphatic heterocycles. The number of piperidine rings is 1. The van der Waals surface area contributed by atoms with Gasteiger partial charge in [0.25, 0.3) is 5.56 Å². The topological polar surface area (TPSA) is 64.2 Å². The summed E-state index contributed by atoms with van der Waals surface area (Å²) in [7, 11) is 0. The molecule has 2 aromatic rings. The van der Waals surface area contributed by atoms with E-state index in [1.807, 2.05) is 18.2 Å². The van der Waals surface area contributed by atoms with Crippen LogP contribution in [-0.4, -0.2) is 27.6 Å². The molecule has 1 saturated heterocycles. The quantitative estimate of drug-likeness (QED) is 0.819. The highest BCUT2D eigenvalue weighted by Crippen LogP contribution is 2.12. The van der Waals surface area contributed by atoms with E-state index >= 15 is 0 Å². The molecule has 0 saturated carbocycles. The number of para-hydroxylation sites is 1. The first-order valence-electron chi connectivity index (χ1n) is 6.74. The summed E-state index contributed by atoms with van der Waals surface area (Å²) in [5.74, 6) is 6.52. The number of hydrogen-bond donors (Lipinski definition) is 1. The maximum atomic E-state index is 12.2. The van der Waals surface area contributed by atoms with E-state index in [1.54, 1.807) is 6.07 Å². The molecule has 0 amide bonds. The van der Waals surface area contributed by atoms with Gasteiger partial charge in [-0.1, -0.05) is 18.6 Å². The van der Waals surface area contributed by atoms with Crippen molar-refractivity contribution in [3.63, 3.8) is 0 Å². The summed E-state index contributed by atoms with van der Waals surface area (Å²) in [5.41, 5.74) is 0.554. The number of fused-ring (bicyclic) bond motifs is 1. The van der Waals surface area contributed by atoms with Crippen molar-refractivity contribution in [3.8, 4) is 0 Å². The van der Waals surface area contributed by atoms with Crippen molar-refractivity contribution in [2.24, 2.45) is 0 Å². The Hall–Kier alpha value is -1.88. The van der Waals surface area contributed by atoms with Gasteiger partial charge in [-0.25, -0.2) is 9.66 Å². The Morgan fingerprint density at radius 2 is 1.89 bits per heavy atom. The Morgan fingerprint density at radius 1 is 1.16 bits per heavy atom. The van der Waals surface area contributed by atoms with Crippen LogP contribution in [-0.2, 0) is 6.54 Å². The van der Waals surface area contributed by atoms with Crippen LogP contribution in [0.15, 0.2) is 29.1 Å². The summed E-state index contributed by atoms with van der Waals surface area (Å²) in [4.78, 5) is 19.0. The Labute approximate surface area is 111 Å². The summed E-state index contributed by atoms with van der Waals surface area (Å²) in [6, 6.07) is 7.34. The normalized spacial score (nSPS) is 16.8. The molecular formula is C14H18N4O. The second-order valence-corrected chi connectivity index (χ2v) is 5.06. The summed E-state index contributed by atoms with van der Waals surface area (Å²) >= 11 is 0. The van der Waals surface area contributed by atoms with Crippen LogP contribution in [0.3, 0.4) is 0 Å². The molecule has 2 heterocycles. The number of rotatable bonds is 2. The molecule has 0 bridgehead atoms. The zero-order valence-corrected chi connectivity index (χ0v) is 10.9. The minimum Gasteiger partial charge on any atom is -0.335 e. The van der Waals surface area contributed by atoms with Gasteiger partial charge in [-0.05, 0) is 38.1 Å². The zero-order chi connectivity index (χ0) is 13.2. The molecule has 1 aliphatic rings. The van der Waals surface area contributed by atoms with E-state index in [-0.39, 0.29) is 5.56 Å². The van der Waals surface area contributed by atoms with E-state index in [0.29, 0.717) is 17.8 Å². The van der Waals surface area contributed by atoms with Gasteiger partial charge < -0.3 is 5.84 Å². The number of benzene rings is 1. The fourth-order valence-electron chi connectivity index (χ4n) is 2.62. The Morgan fingerprint density at radius 3 is 2.68 bits per heavy atom. The molecule has 1 aromatic heterocycles.